The van der Waals surface area contributed by atoms with Crippen LogP contribution >= 0.6 is 11.6 Å². The van der Waals surface area contributed by atoms with E-state index in [9.17, 15) is 9.59 Å². The maximum Gasteiger partial charge on any atom is 0.231 e. The standard InChI is InChI=1S/C27H23ClO7/c1-15-21(34-14-20(29)16-5-7-18(28)8-6-16)10-9-19-26(30)25(35-27(15)19)12-17-11-23(32-3)24(33-4)13-22(17)31-2/h5-13H,14H2,1-4H3/b25-12-. The van der Waals surface area contributed by atoms with Crippen LogP contribution in [0.4, 0.5) is 0 Å². The van der Waals surface area contributed by atoms with Gasteiger partial charge in [-0.05, 0) is 55.5 Å². The molecule has 0 saturated carbocycles. The number of carbonyl (C=O) groups is 2. The first-order valence-corrected chi connectivity index (χ1v) is 11.0. The van der Waals surface area contributed by atoms with Crippen LogP contribution in [0.3, 0.4) is 0 Å². The van der Waals surface area contributed by atoms with Gasteiger partial charge < -0.3 is 23.7 Å². The van der Waals surface area contributed by atoms with Crippen molar-refractivity contribution < 1.29 is 33.3 Å². The molecule has 180 valence electrons. The third-order valence-electron chi connectivity index (χ3n) is 5.58. The Kier molecular flexibility index (Phi) is 6.98. The molecule has 0 spiro atoms. The summed E-state index contributed by atoms with van der Waals surface area (Å²) in [6, 6.07) is 13.2. The fourth-order valence-corrected chi connectivity index (χ4v) is 3.82. The number of carbonyl (C=O) groups excluding carboxylic acids is 2. The number of ketones is 2. The lowest BCUT2D eigenvalue weighted by molar-refractivity contribution is 0.0920. The van der Waals surface area contributed by atoms with E-state index < -0.39 is 0 Å². The van der Waals surface area contributed by atoms with E-state index in [0.717, 1.165) is 0 Å². The van der Waals surface area contributed by atoms with E-state index in [1.807, 2.05) is 0 Å². The molecule has 0 bridgehead atoms. The van der Waals surface area contributed by atoms with Gasteiger partial charge in [-0.3, -0.25) is 9.59 Å². The Labute approximate surface area is 207 Å². The van der Waals surface area contributed by atoms with Gasteiger partial charge in [0.2, 0.25) is 5.78 Å². The number of methoxy groups -OCH3 is 3. The Balaban J connectivity index is 1.58. The number of hydrogen-bond donors (Lipinski definition) is 0. The number of allylic oxidation sites excluding steroid dienone is 1. The fourth-order valence-electron chi connectivity index (χ4n) is 3.69. The zero-order chi connectivity index (χ0) is 25.1. The minimum Gasteiger partial charge on any atom is -0.496 e. The van der Waals surface area contributed by atoms with Crippen LogP contribution < -0.4 is 23.7 Å². The van der Waals surface area contributed by atoms with Crippen LogP contribution in [0, 0.1) is 6.92 Å². The highest BCUT2D eigenvalue weighted by Gasteiger charge is 2.31. The smallest absolute Gasteiger partial charge is 0.231 e. The summed E-state index contributed by atoms with van der Waals surface area (Å²) in [4.78, 5) is 25.5. The van der Waals surface area contributed by atoms with Crippen molar-refractivity contribution in [3.63, 3.8) is 0 Å². The van der Waals surface area contributed by atoms with E-state index in [2.05, 4.69) is 0 Å². The van der Waals surface area contributed by atoms with Crippen molar-refractivity contribution in [3.8, 4) is 28.7 Å². The van der Waals surface area contributed by atoms with Crippen LogP contribution in [0.25, 0.3) is 6.08 Å². The van der Waals surface area contributed by atoms with E-state index in [-0.39, 0.29) is 23.9 Å². The average molecular weight is 495 g/mol. The highest BCUT2D eigenvalue weighted by Crippen LogP contribution is 2.41. The molecule has 8 heteroatoms. The van der Waals surface area contributed by atoms with E-state index in [4.69, 9.17) is 35.3 Å². The van der Waals surface area contributed by atoms with Crippen molar-refractivity contribution in [1.82, 2.24) is 0 Å². The molecule has 7 nitrogen and oxygen atoms in total. The zero-order valence-electron chi connectivity index (χ0n) is 19.6. The number of rotatable bonds is 8. The van der Waals surface area contributed by atoms with Crippen molar-refractivity contribution in [3.05, 3.63) is 81.6 Å². The van der Waals surface area contributed by atoms with Gasteiger partial charge in [-0.1, -0.05) is 11.6 Å². The van der Waals surface area contributed by atoms with Gasteiger partial charge in [0, 0.05) is 27.8 Å². The number of ether oxygens (including phenoxy) is 5. The Morgan fingerprint density at radius 1 is 0.914 bits per heavy atom. The predicted octanol–water partition coefficient (Wildman–Crippen LogP) is 5.55. The summed E-state index contributed by atoms with van der Waals surface area (Å²) < 4.78 is 27.8. The summed E-state index contributed by atoms with van der Waals surface area (Å²) >= 11 is 5.88. The molecule has 35 heavy (non-hydrogen) atoms. The maximum absolute atomic E-state index is 13.0. The van der Waals surface area contributed by atoms with Gasteiger partial charge in [0.25, 0.3) is 0 Å². The van der Waals surface area contributed by atoms with Crippen molar-refractivity contribution in [2.24, 2.45) is 0 Å². The Hall–Kier alpha value is -3.97. The van der Waals surface area contributed by atoms with Crippen molar-refractivity contribution in [2.75, 3.05) is 27.9 Å². The zero-order valence-corrected chi connectivity index (χ0v) is 20.4. The summed E-state index contributed by atoms with van der Waals surface area (Å²) in [7, 11) is 4.58. The average Bonchev–Trinajstić information content (AvgIpc) is 3.19. The lowest BCUT2D eigenvalue weighted by Crippen LogP contribution is -2.12. The molecule has 0 N–H and O–H groups in total. The van der Waals surface area contributed by atoms with Gasteiger partial charge in [-0.25, -0.2) is 0 Å². The number of halogens is 1. The molecule has 0 amide bonds. The van der Waals surface area contributed by atoms with Crippen molar-refractivity contribution in [2.45, 2.75) is 6.92 Å². The summed E-state index contributed by atoms with van der Waals surface area (Å²) in [6.07, 6.45) is 1.59. The highest BCUT2D eigenvalue weighted by atomic mass is 35.5. The third-order valence-corrected chi connectivity index (χ3v) is 5.84. The summed E-state index contributed by atoms with van der Waals surface area (Å²) in [5.74, 6) is 1.97. The van der Waals surface area contributed by atoms with E-state index in [1.165, 1.54) is 21.3 Å². The van der Waals surface area contributed by atoms with Crippen molar-refractivity contribution in [1.29, 1.82) is 0 Å². The molecule has 1 aliphatic heterocycles. The van der Waals surface area contributed by atoms with Gasteiger partial charge in [0.1, 0.15) is 17.2 Å². The normalized spacial score (nSPS) is 13.3. The maximum atomic E-state index is 13.0. The summed E-state index contributed by atoms with van der Waals surface area (Å²) in [6.45, 7) is 1.61. The van der Waals surface area contributed by atoms with E-state index >= 15 is 0 Å². The molecule has 0 fully saturated rings. The molecule has 0 aromatic heterocycles. The molecule has 0 unspecified atom stereocenters. The molecule has 0 radical (unpaired) electrons. The third kappa shape index (κ3) is 4.81. The van der Waals surface area contributed by atoms with Gasteiger partial charge in [-0.15, -0.1) is 0 Å². The minimum atomic E-state index is -0.274. The van der Waals surface area contributed by atoms with Gasteiger partial charge in [-0.2, -0.15) is 0 Å². The van der Waals surface area contributed by atoms with Crippen LogP contribution in [0.5, 0.6) is 28.7 Å². The molecular weight excluding hydrogens is 472 g/mol. The van der Waals surface area contributed by atoms with Gasteiger partial charge in [0.05, 0.1) is 26.9 Å². The second kappa shape index (κ2) is 10.1. The lowest BCUT2D eigenvalue weighted by Gasteiger charge is -2.12. The lowest BCUT2D eigenvalue weighted by atomic mass is 10.1. The van der Waals surface area contributed by atoms with Crippen LogP contribution in [0.2, 0.25) is 5.02 Å². The van der Waals surface area contributed by atoms with Crippen LogP contribution in [-0.4, -0.2) is 39.5 Å². The molecule has 1 aliphatic rings. The number of Topliss-reactive ketones (excluding diaryl/α,β-unsaturated/α-hetero) is 2. The number of hydrogen-bond acceptors (Lipinski definition) is 7. The molecular formula is C27H23ClO7. The quantitative estimate of drug-likeness (QED) is 0.300. The van der Waals surface area contributed by atoms with E-state index in [0.29, 0.717) is 56.0 Å². The Bertz CT molecular complexity index is 1330. The second-order valence-electron chi connectivity index (χ2n) is 7.67. The number of fused-ring (bicyclic) bond motifs is 1. The molecule has 1 heterocycles. The monoisotopic (exact) mass is 494 g/mol. The predicted molar refractivity (Wildman–Crippen MR) is 131 cm³/mol. The largest absolute Gasteiger partial charge is 0.496 e. The number of benzene rings is 3. The first-order valence-electron chi connectivity index (χ1n) is 10.7. The second-order valence-corrected chi connectivity index (χ2v) is 8.11. The Morgan fingerprint density at radius 2 is 1.57 bits per heavy atom. The van der Waals surface area contributed by atoms with Crippen molar-refractivity contribution >= 4 is 29.2 Å². The first kappa shape index (κ1) is 24.2. The molecule has 4 rings (SSSR count). The van der Waals surface area contributed by atoms with Gasteiger partial charge in [0.15, 0.2) is 29.6 Å². The highest BCUT2D eigenvalue weighted by molar-refractivity contribution is 6.30. The molecule has 3 aromatic carbocycles. The molecule has 0 atom stereocenters. The Morgan fingerprint density at radius 3 is 2.23 bits per heavy atom. The van der Waals surface area contributed by atoms with Crippen LogP contribution in [-0.2, 0) is 0 Å². The molecule has 3 aromatic rings. The SMILES string of the molecule is COc1cc(OC)c(OC)cc1/C=C1\Oc2c(ccc(OCC(=O)c3ccc(Cl)cc3)c2C)C1=O. The van der Waals surface area contributed by atoms with Crippen LogP contribution in [0.15, 0.2) is 54.3 Å². The van der Waals surface area contributed by atoms with E-state index in [1.54, 1.807) is 61.5 Å². The molecule has 0 aliphatic carbocycles. The van der Waals surface area contributed by atoms with Crippen LogP contribution in [0.1, 0.15) is 31.8 Å². The fraction of sp³-hybridized carbons (Fsp3) is 0.185. The summed E-state index contributed by atoms with van der Waals surface area (Å²) in [5.41, 5.74) is 2.10. The van der Waals surface area contributed by atoms with Gasteiger partial charge >= 0.3 is 0 Å². The molecule has 0 saturated heterocycles. The summed E-state index contributed by atoms with van der Waals surface area (Å²) in [5, 5.41) is 0.549. The topological polar surface area (TPSA) is 80.3 Å². The first-order chi connectivity index (χ1) is 16.9. The minimum absolute atomic E-state index is 0.128.